The maximum Gasteiger partial charge on any atom is 0.309 e. The zero-order valence-electron chi connectivity index (χ0n) is 5.26. The first kappa shape index (κ1) is 8.69. The van der Waals surface area contributed by atoms with Gasteiger partial charge in [0, 0.05) is 0 Å². The van der Waals surface area contributed by atoms with Crippen molar-refractivity contribution in [1.29, 1.82) is 0 Å². The summed E-state index contributed by atoms with van der Waals surface area (Å²) < 4.78 is 4.63. The first-order chi connectivity index (χ1) is 4.31. The molecule has 0 saturated carbocycles. The van der Waals surface area contributed by atoms with Gasteiger partial charge in [0.2, 0.25) is 0 Å². The highest BCUT2D eigenvalue weighted by atomic mass is 79.9. The van der Waals surface area contributed by atoms with Crippen LogP contribution < -0.4 is 0 Å². The largest absolute Gasteiger partial charge is 0.466 e. The minimum absolute atomic E-state index is 0.187. The van der Waals surface area contributed by atoms with Gasteiger partial charge in [-0.15, -0.1) is 0 Å². The molecule has 0 saturated heterocycles. The van der Waals surface area contributed by atoms with Crippen molar-refractivity contribution in [1.82, 2.24) is 0 Å². The minimum Gasteiger partial charge on any atom is -0.466 e. The fourth-order valence-electron chi connectivity index (χ4n) is 0.361. The maximum absolute atomic E-state index is 10.5. The first-order valence-corrected chi connectivity index (χ1v) is 3.63. The average Bonchev–Trinajstić information content (AvgIpc) is 1.85. The second-order valence-corrected chi connectivity index (χ2v) is 1.90. The van der Waals surface area contributed by atoms with Gasteiger partial charge in [0.25, 0.3) is 0 Å². The van der Waals surface area contributed by atoms with Crippen LogP contribution in [0.4, 0.5) is 0 Å². The third kappa shape index (κ3) is 5.56. The molecule has 0 aliphatic carbocycles. The fraction of sp³-hybridized carbons (Fsp3) is 0.500. The predicted molar refractivity (Wildman–Crippen MR) is 39.3 cm³/mol. The molecule has 52 valence electrons. The van der Waals surface area contributed by atoms with Crippen LogP contribution in [0.2, 0.25) is 0 Å². The van der Waals surface area contributed by atoms with Crippen LogP contribution in [0.3, 0.4) is 0 Å². The lowest BCUT2D eigenvalue weighted by atomic mass is 10.4. The van der Waals surface area contributed by atoms with Crippen molar-refractivity contribution in [3.8, 4) is 0 Å². The number of ether oxygens (including phenoxy) is 1. The lowest BCUT2D eigenvalue weighted by Gasteiger charge is -1.95. The molecule has 0 unspecified atom stereocenters. The number of halogens is 1. The van der Waals surface area contributed by atoms with Gasteiger partial charge in [-0.05, 0) is 11.9 Å². The Bertz CT molecular complexity index is 110. The zero-order valence-corrected chi connectivity index (χ0v) is 6.85. The van der Waals surface area contributed by atoms with E-state index in [1.54, 1.807) is 18.0 Å². The van der Waals surface area contributed by atoms with Gasteiger partial charge in [0.15, 0.2) is 0 Å². The standard InChI is InChI=1S/C6H9BrO2/c1-2-9-6(8)4-3-5-7/h3,5H,2,4H2,1H3/b5-3+. The molecule has 0 N–H and O–H groups in total. The molecule has 0 aromatic rings. The molecule has 0 radical (unpaired) electrons. The van der Waals surface area contributed by atoms with E-state index in [9.17, 15) is 4.79 Å². The Hall–Kier alpha value is -0.310. The van der Waals surface area contributed by atoms with Gasteiger partial charge < -0.3 is 4.74 Å². The molecule has 9 heavy (non-hydrogen) atoms. The number of carbonyl (C=O) groups is 1. The van der Waals surface area contributed by atoms with E-state index < -0.39 is 0 Å². The minimum atomic E-state index is -0.187. The Labute approximate surface area is 63.0 Å². The van der Waals surface area contributed by atoms with Crippen molar-refractivity contribution in [2.24, 2.45) is 0 Å². The highest BCUT2D eigenvalue weighted by Gasteiger charge is 1.94. The third-order valence-corrected chi connectivity index (χ3v) is 1.05. The Morgan fingerprint density at radius 2 is 2.44 bits per heavy atom. The van der Waals surface area contributed by atoms with Gasteiger partial charge in [0.1, 0.15) is 0 Å². The van der Waals surface area contributed by atoms with E-state index in [1.807, 2.05) is 0 Å². The molecule has 0 amide bonds. The lowest BCUT2D eigenvalue weighted by molar-refractivity contribution is -0.142. The van der Waals surface area contributed by atoms with E-state index >= 15 is 0 Å². The van der Waals surface area contributed by atoms with Crippen LogP contribution in [0.15, 0.2) is 11.1 Å². The molecule has 2 nitrogen and oxygen atoms in total. The maximum atomic E-state index is 10.5. The Balaban J connectivity index is 3.27. The summed E-state index contributed by atoms with van der Waals surface area (Å²) in [5.41, 5.74) is 0. The van der Waals surface area contributed by atoms with Gasteiger partial charge >= 0.3 is 5.97 Å². The summed E-state index contributed by atoms with van der Waals surface area (Å²) >= 11 is 3.04. The van der Waals surface area contributed by atoms with E-state index in [1.165, 1.54) is 0 Å². The Morgan fingerprint density at radius 1 is 1.78 bits per heavy atom. The van der Waals surface area contributed by atoms with Crippen molar-refractivity contribution in [2.45, 2.75) is 13.3 Å². The molecule has 0 heterocycles. The van der Waals surface area contributed by atoms with Crippen molar-refractivity contribution >= 4 is 21.9 Å². The summed E-state index contributed by atoms with van der Waals surface area (Å²) in [5, 5.41) is 0. The van der Waals surface area contributed by atoms with Crippen molar-refractivity contribution in [3.05, 3.63) is 11.1 Å². The highest BCUT2D eigenvalue weighted by molar-refractivity contribution is 9.11. The quantitative estimate of drug-likeness (QED) is 0.639. The van der Waals surface area contributed by atoms with Gasteiger partial charge in [0.05, 0.1) is 13.0 Å². The third-order valence-electron chi connectivity index (χ3n) is 0.679. The van der Waals surface area contributed by atoms with Gasteiger partial charge in [-0.2, -0.15) is 0 Å². The second-order valence-electron chi connectivity index (χ2n) is 1.37. The smallest absolute Gasteiger partial charge is 0.309 e. The number of hydrogen-bond acceptors (Lipinski definition) is 2. The predicted octanol–water partition coefficient (Wildman–Crippen LogP) is 1.85. The topological polar surface area (TPSA) is 26.3 Å². The molecule has 3 heteroatoms. The molecule has 0 aliphatic heterocycles. The summed E-state index contributed by atoms with van der Waals surface area (Å²) in [6.07, 6.45) is 2.04. The van der Waals surface area contributed by atoms with E-state index in [0.29, 0.717) is 13.0 Å². The van der Waals surface area contributed by atoms with Crippen molar-refractivity contribution in [2.75, 3.05) is 6.61 Å². The van der Waals surface area contributed by atoms with Crippen molar-refractivity contribution in [3.63, 3.8) is 0 Å². The summed E-state index contributed by atoms with van der Waals surface area (Å²) in [7, 11) is 0. The molecule has 0 fully saturated rings. The Morgan fingerprint density at radius 3 is 2.89 bits per heavy atom. The van der Waals surface area contributed by atoms with E-state index in [2.05, 4.69) is 20.7 Å². The zero-order chi connectivity index (χ0) is 7.11. The average molecular weight is 193 g/mol. The summed E-state index contributed by atoms with van der Waals surface area (Å²) in [6, 6.07) is 0. The van der Waals surface area contributed by atoms with Crippen LogP contribution in [0.25, 0.3) is 0 Å². The number of esters is 1. The van der Waals surface area contributed by atoms with Crippen LogP contribution in [0.1, 0.15) is 13.3 Å². The van der Waals surface area contributed by atoms with E-state index in [0.717, 1.165) is 0 Å². The number of carbonyl (C=O) groups excluding carboxylic acids is 1. The lowest BCUT2D eigenvalue weighted by Crippen LogP contribution is -2.00. The Kier molecular flexibility index (Phi) is 5.62. The molecule has 0 atom stereocenters. The summed E-state index contributed by atoms with van der Waals surface area (Å²) in [6.45, 7) is 2.24. The van der Waals surface area contributed by atoms with Crippen LogP contribution in [0, 0.1) is 0 Å². The first-order valence-electron chi connectivity index (χ1n) is 2.72. The normalized spacial score (nSPS) is 10.0. The van der Waals surface area contributed by atoms with Gasteiger partial charge in [-0.3, -0.25) is 4.79 Å². The molecular formula is C6H9BrO2. The van der Waals surface area contributed by atoms with Crippen LogP contribution in [-0.2, 0) is 9.53 Å². The van der Waals surface area contributed by atoms with Crippen LogP contribution >= 0.6 is 15.9 Å². The highest BCUT2D eigenvalue weighted by Crippen LogP contribution is 1.90. The summed E-state index contributed by atoms with van der Waals surface area (Å²) in [5.74, 6) is -0.187. The molecule has 0 rings (SSSR count). The monoisotopic (exact) mass is 192 g/mol. The summed E-state index contributed by atoms with van der Waals surface area (Å²) in [4.78, 5) is 12.2. The molecule has 0 spiro atoms. The number of rotatable bonds is 3. The SMILES string of the molecule is CCOC(=O)C/C=C/Br. The van der Waals surface area contributed by atoms with Crippen LogP contribution in [0.5, 0.6) is 0 Å². The van der Waals surface area contributed by atoms with Gasteiger partial charge in [-0.1, -0.05) is 22.0 Å². The second kappa shape index (κ2) is 5.82. The molecule has 0 aromatic carbocycles. The molecule has 0 bridgehead atoms. The van der Waals surface area contributed by atoms with Crippen LogP contribution in [-0.4, -0.2) is 12.6 Å². The van der Waals surface area contributed by atoms with Gasteiger partial charge in [-0.25, -0.2) is 0 Å². The van der Waals surface area contributed by atoms with Crippen molar-refractivity contribution < 1.29 is 9.53 Å². The fourth-order valence-corrected chi connectivity index (χ4v) is 0.548. The van der Waals surface area contributed by atoms with E-state index in [4.69, 9.17) is 0 Å². The van der Waals surface area contributed by atoms with E-state index in [-0.39, 0.29) is 5.97 Å². The number of hydrogen-bond donors (Lipinski definition) is 0. The molecular weight excluding hydrogens is 184 g/mol. The molecule has 0 aromatic heterocycles. The molecule has 0 aliphatic rings.